The molecule has 1 aromatic carbocycles. The predicted octanol–water partition coefficient (Wildman–Crippen LogP) is 3.81. The van der Waals surface area contributed by atoms with Gasteiger partial charge in [0.1, 0.15) is 0 Å². The van der Waals surface area contributed by atoms with E-state index in [1.165, 1.54) is 0 Å². The minimum absolute atomic E-state index is 0.00827. The molecule has 0 bridgehead atoms. The van der Waals surface area contributed by atoms with E-state index >= 15 is 0 Å². The number of hydrogen-bond acceptors (Lipinski definition) is 1. The maximum absolute atomic E-state index is 12.0. The molecule has 0 saturated heterocycles. The van der Waals surface area contributed by atoms with E-state index in [9.17, 15) is 4.79 Å². The van der Waals surface area contributed by atoms with Crippen LogP contribution in [0.4, 0.5) is 0 Å². The highest BCUT2D eigenvalue weighted by Gasteiger charge is 2.10. The predicted molar refractivity (Wildman–Crippen MR) is 72.6 cm³/mol. The van der Waals surface area contributed by atoms with Gasteiger partial charge in [0.25, 0.3) is 5.91 Å². The highest BCUT2D eigenvalue weighted by molar-refractivity contribution is 6.30. The topological polar surface area (TPSA) is 29.1 Å². The van der Waals surface area contributed by atoms with E-state index in [0.29, 0.717) is 16.5 Å². The van der Waals surface area contributed by atoms with Crippen LogP contribution in [0.1, 0.15) is 42.6 Å². The lowest BCUT2D eigenvalue weighted by atomic mass is 10.0. The fourth-order valence-corrected chi connectivity index (χ4v) is 2.02. The smallest absolute Gasteiger partial charge is 0.251 e. The lowest BCUT2D eigenvalue weighted by molar-refractivity contribution is 0.0946. The number of aryl methyl sites for hydroxylation is 1. The molecule has 0 spiro atoms. The molecular weight excluding hydrogens is 234 g/mol. The number of benzene rings is 1. The van der Waals surface area contributed by atoms with Gasteiger partial charge in [-0.25, -0.2) is 0 Å². The molecule has 0 heterocycles. The summed E-state index contributed by atoms with van der Waals surface area (Å²) in [6.07, 6.45) is 2.19. The third-order valence-electron chi connectivity index (χ3n) is 3.14. The van der Waals surface area contributed by atoms with E-state index in [-0.39, 0.29) is 5.91 Å². The molecule has 1 amide bonds. The fourth-order valence-electron chi connectivity index (χ4n) is 1.79. The largest absolute Gasteiger partial charge is 0.352 e. The molecule has 0 saturated carbocycles. The highest BCUT2D eigenvalue weighted by atomic mass is 35.5. The lowest BCUT2D eigenvalue weighted by Crippen LogP contribution is -2.29. The molecule has 0 atom stereocenters. The molecule has 1 rings (SSSR count). The van der Waals surface area contributed by atoms with Gasteiger partial charge >= 0.3 is 0 Å². The van der Waals surface area contributed by atoms with Gasteiger partial charge in [-0.2, -0.15) is 0 Å². The first kappa shape index (κ1) is 14.0. The van der Waals surface area contributed by atoms with Crippen molar-refractivity contribution >= 4 is 17.5 Å². The molecule has 94 valence electrons. The van der Waals surface area contributed by atoms with E-state index in [1.807, 2.05) is 13.0 Å². The normalized spacial score (nSPS) is 10.6. The lowest BCUT2D eigenvalue weighted by Gasteiger charge is -2.14. The third kappa shape index (κ3) is 4.04. The Morgan fingerprint density at radius 1 is 1.35 bits per heavy atom. The Morgan fingerprint density at radius 2 is 2.00 bits per heavy atom. The summed E-state index contributed by atoms with van der Waals surface area (Å²) in [4.78, 5) is 12.0. The third-order valence-corrected chi connectivity index (χ3v) is 3.37. The monoisotopic (exact) mass is 253 g/mol. The van der Waals surface area contributed by atoms with Crippen molar-refractivity contribution in [1.29, 1.82) is 0 Å². The second-order valence-corrected chi connectivity index (χ2v) is 4.79. The van der Waals surface area contributed by atoms with Crippen molar-refractivity contribution in [2.75, 3.05) is 6.54 Å². The minimum Gasteiger partial charge on any atom is -0.352 e. The Bertz CT molecular complexity index is 386. The first-order valence-corrected chi connectivity index (χ1v) is 6.50. The Morgan fingerprint density at radius 3 is 2.53 bits per heavy atom. The van der Waals surface area contributed by atoms with Gasteiger partial charge in [0, 0.05) is 17.1 Å². The van der Waals surface area contributed by atoms with Crippen LogP contribution in [0.25, 0.3) is 0 Å². The zero-order chi connectivity index (χ0) is 12.8. The first-order chi connectivity index (χ1) is 8.08. The molecule has 0 aromatic heterocycles. The number of amides is 1. The van der Waals surface area contributed by atoms with Gasteiger partial charge in [-0.05, 0) is 36.6 Å². The van der Waals surface area contributed by atoms with Crippen LogP contribution in [0.3, 0.4) is 0 Å². The zero-order valence-corrected chi connectivity index (χ0v) is 11.5. The summed E-state index contributed by atoms with van der Waals surface area (Å²) in [6.45, 7) is 6.94. The van der Waals surface area contributed by atoms with Crippen LogP contribution in [0.15, 0.2) is 18.2 Å². The van der Waals surface area contributed by atoms with Crippen LogP contribution in [-0.2, 0) is 0 Å². The molecule has 0 aliphatic rings. The van der Waals surface area contributed by atoms with E-state index in [2.05, 4.69) is 19.2 Å². The second-order valence-electron chi connectivity index (χ2n) is 4.35. The zero-order valence-electron chi connectivity index (χ0n) is 10.7. The molecule has 0 aliphatic heterocycles. The highest BCUT2D eigenvalue weighted by Crippen LogP contribution is 2.15. The average molecular weight is 254 g/mol. The van der Waals surface area contributed by atoms with Crippen molar-refractivity contribution in [2.24, 2.45) is 5.92 Å². The van der Waals surface area contributed by atoms with E-state index in [0.717, 1.165) is 24.9 Å². The number of nitrogens with one attached hydrogen (secondary N) is 1. The van der Waals surface area contributed by atoms with Crippen LogP contribution < -0.4 is 5.32 Å². The summed E-state index contributed by atoms with van der Waals surface area (Å²) in [7, 11) is 0. The van der Waals surface area contributed by atoms with Gasteiger partial charge in [0.2, 0.25) is 0 Å². The molecule has 3 heteroatoms. The quantitative estimate of drug-likeness (QED) is 0.849. The minimum atomic E-state index is -0.00827. The summed E-state index contributed by atoms with van der Waals surface area (Å²) in [5.74, 6) is 0.553. The molecule has 0 radical (unpaired) electrons. The van der Waals surface area contributed by atoms with Gasteiger partial charge in [-0.1, -0.05) is 38.3 Å². The molecule has 0 aliphatic carbocycles. The van der Waals surface area contributed by atoms with Crippen LogP contribution >= 0.6 is 11.6 Å². The summed E-state index contributed by atoms with van der Waals surface area (Å²) >= 11 is 5.86. The maximum atomic E-state index is 12.0. The van der Waals surface area contributed by atoms with E-state index in [4.69, 9.17) is 11.6 Å². The van der Waals surface area contributed by atoms with Crippen molar-refractivity contribution < 1.29 is 4.79 Å². The molecule has 1 aromatic rings. The van der Waals surface area contributed by atoms with E-state index < -0.39 is 0 Å². The van der Waals surface area contributed by atoms with Crippen LogP contribution in [-0.4, -0.2) is 12.5 Å². The Balaban J connectivity index is 2.64. The van der Waals surface area contributed by atoms with Gasteiger partial charge < -0.3 is 5.32 Å². The number of carbonyl (C=O) groups excluding carboxylic acids is 1. The van der Waals surface area contributed by atoms with Crippen molar-refractivity contribution in [3.05, 3.63) is 34.3 Å². The number of carbonyl (C=O) groups is 1. The molecule has 17 heavy (non-hydrogen) atoms. The number of hydrogen-bond donors (Lipinski definition) is 1. The van der Waals surface area contributed by atoms with Gasteiger partial charge in [0.15, 0.2) is 0 Å². The first-order valence-electron chi connectivity index (χ1n) is 6.12. The molecule has 1 N–H and O–H groups in total. The Kier molecular flexibility index (Phi) is 5.49. The Labute approximate surface area is 108 Å². The summed E-state index contributed by atoms with van der Waals surface area (Å²) in [5.41, 5.74) is 1.62. The fraction of sp³-hybridized carbons (Fsp3) is 0.500. The van der Waals surface area contributed by atoms with Crippen molar-refractivity contribution in [3.63, 3.8) is 0 Å². The molecule has 0 unspecified atom stereocenters. The van der Waals surface area contributed by atoms with Crippen LogP contribution in [0.5, 0.6) is 0 Å². The van der Waals surface area contributed by atoms with Gasteiger partial charge in [-0.15, -0.1) is 0 Å². The molecule has 0 fully saturated rings. The molecular formula is C14H20ClNO. The maximum Gasteiger partial charge on any atom is 0.251 e. The molecule has 2 nitrogen and oxygen atoms in total. The summed E-state index contributed by atoms with van der Waals surface area (Å²) in [6, 6.07) is 5.34. The van der Waals surface area contributed by atoms with Crippen LogP contribution in [0.2, 0.25) is 5.02 Å². The number of halogens is 1. The SMILES string of the molecule is CCC(CC)CNC(=O)c1ccc(Cl)cc1C. The van der Waals surface area contributed by atoms with Crippen molar-refractivity contribution in [1.82, 2.24) is 5.32 Å². The second kappa shape index (κ2) is 6.65. The van der Waals surface area contributed by atoms with Crippen LogP contribution in [0, 0.1) is 12.8 Å². The standard InChI is InChI=1S/C14H20ClNO/c1-4-11(5-2)9-16-14(17)13-7-6-12(15)8-10(13)3/h6-8,11H,4-5,9H2,1-3H3,(H,16,17). The van der Waals surface area contributed by atoms with Gasteiger partial charge in [0.05, 0.1) is 0 Å². The summed E-state index contributed by atoms with van der Waals surface area (Å²) < 4.78 is 0. The van der Waals surface area contributed by atoms with Crippen molar-refractivity contribution in [2.45, 2.75) is 33.6 Å². The summed E-state index contributed by atoms with van der Waals surface area (Å²) in [5, 5.41) is 3.64. The van der Waals surface area contributed by atoms with Gasteiger partial charge in [-0.3, -0.25) is 4.79 Å². The Hall–Kier alpha value is -1.02. The van der Waals surface area contributed by atoms with E-state index in [1.54, 1.807) is 12.1 Å². The van der Waals surface area contributed by atoms with Crippen molar-refractivity contribution in [3.8, 4) is 0 Å². The average Bonchev–Trinajstić information content (AvgIpc) is 2.30. The number of rotatable bonds is 5.